The van der Waals surface area contributed by atoms with Gasteiger partial charge in [0.25, 0.3) is 5.91 Å². The summed E-state index contributed by atoms with van der Waals surface area (Å²) in [6.07, 6.45) is 1.42. The van der Waals surface area contributed by atoms with E-state index in [0.717, 1.165) is 0 Å². The number of amides is 1. The lowest BCUT2D eigenvalue weighted by Gasteiger charge is -2.04. The molecular formula is C10H13ClN2O3. The van der Waals surface area contributed by atoms with Crippen LogP contribution in [0.1, 0.15) is 10.5 Å². The van der Waals surface area contributed by atoms with Crippen molar-refractivity contribution < 1.29 is 14.6 Å². The Morgan fingerprint density at radius 1 is 1.50 bits per heavy atom. The van der Waals surface area contributed by atoms with Gasteiger partial charge in [0.05, 0.1) is 24.8 Å². The third-order valence-corrected chi connectivity index (χ3v) is 1.95. The quantitative estimate of drug-likeness (QED) is 0.714. The van der Waals surface area contributed by atoms with Gasteiger partial charge >= 0.3 is 0 Å². The van der Waals surface area contributed by atoms with Gasteiger partial charge in [-0.2, -0.15) is 0 Å². The number of aromatic nitrogens is 1. The van der Waals surface area contributed by atoms with Crippen molar-refractivity contribution in [2.45, 2.75) is 0 Å². The first-order valence-electron chi connectivity index (χ1n) is 4.82. The lowest BCUT2D eigenvalue weighted by molar-refractivity contribution is 0.0835. The van der Waals surface area contributed by atoms with Gasteiger partial charge in [-0.3, -0.25) is 4.79 Å². The SMILES string of the molecule is O=C(NCCOCCO)c1ccc(Cl)cn1. The molecule has 88 valence electrons. The maximum absolute atomic E-state index is 11.5. The molecule has 1 aromatic rings. The monoisotopic (exact) mass is 244 g/mol. The van der Waals surface area contributed by atoms with E-state index in [4.69, 9.17) is 21.4 Å². The minimum absolute atomic E-state index is 0.0211. The Balaban J connectivity index is 2.27. The van der Waals surface area contributed by atoms with Crippen molar-refractivity contribution in [3.05, 3.63) is 29.0 Å². The normalized spacial score (nSPS) is 10.1. The molecule has 0 aliphatic rings. The molecule has 1 rings (SSSR count). The zero-order valence-electron chi connectivity index (χ0n) is 8.65. The van der Waals surface area contributed by atoms with Crippen LogP contribution in [-0.2, 0) is 4.74 Å². The Hall–Kier alpha value is -1.17. The summed E-state index contributed by atoms with van der Waals surface area (Å²) in [6.45, 7) is 0.991. The van der Waals surface area contributed by atoms with Crippen LogP contribution in [0, 0.1) is 0 Å². The Labute approximate surface area is 98.4 Å². The molecule has 0 aromatic carbocycles. The summed E-state index contributed by atoms with van der Waals surface area (Å²) in [5.74, 6) is -0.274. The van der Waals surface area contributed by atoms with E-state index in [1.165, 1.54) is 6.20 Å². The van der Waals surface area contributed by atoms with Crippen LogP contribution in [-0.4, -0.2) is 42.4 Å². The van der Waals surface area contributed by atoms with E-state index in [2.05, 4.69) is 10.3 Å². The summed E-state index contributed by atoms with van der Waals surface area (Å²) in [5, 5.41) is 11.6. The van der Waals surface area contributed by atoms with E-state index >= 15 is 0 Å². The van der Waals surface area contributed by atoms with Crippen molar-refractivity contribution in [3.63, 3.8) is 0 Å². The summed E-state index contributed by atoms with van der Waals surface area (Å²) in [6, 6.07) is 3.15. The second kappa shape index (κ2) is 7.16. The molecule has 0 aliphatic heterocycles. The number of hydrogen-bond donors (Lipinski definition) is 2. The number of halogens is 1. The highest BCUT2D eigenvalue weighted by Crippen LogP contribution is 2.05. The highest BCUT2D eigenvalue weighted by atomic mass is 35.5. The predicted molar refractivity (Wildman–Crippen MR) is 59.5 cm³/mol. The topological polar surface area (TPSA) is 71.5 Å². The molecule has 0 saturated carbocycles. The lowest BCUT2D eigenvalue weighted by Crippen LogP contribution is -2.28. The number of pyridine rings is 1. The van der Waals surface area contributed by atoms with Gasteiger partial charge in [-0.05, 0) is 12.1 Å². The van der Waals surface area contributed by atoms with Gasteiger partial charge in [-0.25, -0.2) is 4.98 Å². The number of carbonyl (C=O) groups is 1. The van der Waals surface area contributed by atoms with Crippen molar-refractivity contribution >= 4 is 17.5 Å². The number of aliphatic hydroxyl groups is 1. The number of nitrogens with one attached hydrogen (secondary N) is 1. The fourth-order valence-electron chi connectivity index (χ4n) is 1.00. The highest BCUT2D eigenvalue weighted by Gasteiger charge is 2.05. The third kappa shape index (κ3) is 4.57. The summed E-state index contributed by atoms with van der Waals surface area (Å²) in [7, 11) is 0. The van der Waals surface area contributed by atoms with Gasteiger partial charge < -0.3 is 15.2 Å². The van der Waals surface area contributed by atoms with E-state index in [9.17, 15) is 4.79 Å². The first kappa shape index (κ1) is 12.9. The Morgan fingerprint density at radius 2 is 2.31 bits per heavy atom. The van der Waals surface area contributed by atoms with Crippen LogP contribution in [0.25, 0.3) is 0 Å². The smallest absolute Gasteiger partial charge is 0.269 e. The predicted octanol–water partition coefficient (Wildman–Crippen LogP) is 0.474. The van der Waals surface area contributed by atoms with Crippen molar-refractivity contribution in [2.24, 2.45) is 0 Å². The summed E-state index contributed by atoms with van der Waals surface area (Å²) in [4.78, 5) is 15.3. The fourth-order valence-corrected chi connectivity index (χ4v) is 1.12. The average Bonchev–Trinajstić information content (AvgIpc) is 2.29. The van der Waals surface area contributed by atoms with E-state index in [0.29, 0.717) is 23.9 Å². The lowest BCUT2D eigenvalue weighted by atomic mass is 10.3. The Morgan fingerprint density at radius 3 is 2.94 bits per heavy atom. The molecular weight excluding hydrogens is 232 g/mol. The minimum Gasteiger partial charge on any atom is -0.394 e. The first-order valence-corrected chi connectivity index (χ1v) is 5.20. The summed E-state index contributed by atoms with van der Waals surface area (Å²) in [5.41, 5.74) is 0.312. The molecule has 2 N–H and O–H groups in total. The second-order valence-electron chi connectivity index (χ2n) is 2.95. The van der Waals surface area contributed by atoms with Gasteiger partial charge in [-0.1, -0.05) is 11.6 Å². The zero-order chi connectivity index (χ0) is 11.8. The molecule has 0 radical (unpaired) electrons. The van der Waals surface area contributed by atoms with Crippen molar-refractivity contribution in [1.29, 1.82) is 0 Å². The number of aliphatic hydroxyl groups excluding tert-OH is 1. The molecule has 0 atom stereocenters. The van der Waals surface area contributed by atoms with Gasteiger partial charge in [0.15, 0.2) is 0 Å². The molecule has 1 heterocycles. The average molecular weight is 245 g/mol. The maximum Gasteiger partial charge on any atom is 0.269 e. The zero-order valence-corrected chi connectivity index (χ0v) is 9.41. The molecule has 0 spiro atoms. The van der Waals surface area contributed by atoms with Crippen molar-refractivity contribution in [1.82, 2.24) is 10.3 Å². The van der Waals surface area contributed by atoms with E-state index in [1.807, 2.05) is 0 Å². The van der Waals surface area contributed by atoms with Crippen LogP contribution in [0.4, 0.5) is 0 Å². The molecule has 1 aromatic heterocycles. The molecule has 6 heteroatoms. The Kier molecular flexibility index (Phi) is 5.77. The van der Waals surface area contributed by atoms with E-state index in [1.54, 1.807) is 12.1 Å². The first-order chi connectivity index (χ1) is 7.74. The molecule has 0 fully saturated rings. The number of rotatable bonds is 6. The summed E-state index contributed by atoms with van der Waals surface area (Å²) < 4.78 is 4.98. The van der Waals surface area contributed by atoms with Crippen LogP contribution in [0.2, 0.25) is 5.02 Å². The number of nitrogens with zero attached hydrogens (tertiary/aromatic N) is 1. The van der Waals surface area contributed by atoms with Crippen molar-refractivity contribution in [2.75, 3.05) is 26.4 Å². The third-order valence-electron chi connectivity index (χ3n) is 1.73. The summed E-state index contributed by atoms with van der Waals surface area (Å²) >= 11 is 5.64. The maximum atomic E-state index is 11.5. The largest absolute Gasteiger partial charge is 0.394 e. The molecule has 0 unspecified atom stereocenters. The highest BCUT2D eigenvalue weighted by molar-refractivity contribution is 6.30. The Bertz CT molecular complexity index is 329. The van der Waals surface area contributed by atoms with Crippen LogP contribution in [0.5, 0.6) is 0 Å². The number of ether oxygens (including phenoxy) is 1. The van der Waals surface area contributed by atoms with Gasteiger partial charge in [0.2, 0.25) is 0 Å². The molecule has 0 aliphatic carbocycles. The van der Waals surface area contributed by atoms with Crippen LogP contribution in [0.3, 0.4) is 0 Å². The molecule has 1 amide bonds. The van der Waals surface area contributed by atoms with E-state index in [-0.39, 0.29) is 19.1 Å². The van der Waals surface area contributed by atoms with Gasteiger partial charge in [0, 0.05) is 12.7 Å². The number of hydrogen-bond acceptors (Lipinski definition) is 4. The van der Waals surface area contributed by atoms with Crippen LogP contribution >= 0.6 is 11.6 Å². The van der Waals surface area contributed by atoms with Crippen LogP contribution < -0.4 is 5.32 Å². The standard InChI is InChI=1S/C10H13ClN2O3/c11-8-1-2-9(13-7-8)10(15)12-3-5-16-6-4-14/h1-2,7,14H,3-6H2,(H,12,15). The molecule has 16 heavy (non-hydrogen) atoms. The fraction of sp³-hybridized carbons (Fsp3) is 0.400. The second-order valence-corrected chi connectivity index (χ2v) is 3.39. The molecule has 5 nitrogen and oxygen atoms in total. The molecule has 0 saturated heterocycles. The van der Waals surface area contributed by atoms with Gasteiger partial charge in [-0.15, -0.1) is 0 Å². The minimum atomic E-state index is -0.274. The van der Waals surface area contributed by atoms with E-state index < -0.39 is 0 Å². The van der Waals surface area contributed by atoms with Gasteiger partial charge in [0.1, 0.15) is 5.69 Å². The van der Waals surface area contributed by atoms with Crippen LogP contribution in [0.15, 0.2) is 18.3 Å². The van der Waals surface area contributed by atoms with Crippen molar-refractivity contribution in [3.8, 4) is 0 Å². The number of carbonyl (C=O) groups excluding carboxylic acids is 1. The molecule has 0 bridgehead atoms.